The molecule has 0 aromatic heterocycles. The van der Waals surface area contributed by atoms with Crippen molar-refractivity contribution >= 4 is 21.8 Å². The van der Waals surface area contributed by atoms with Gasteiger partial charge in [0.25, 0.3) is 0 Å². The molecule has 0 spiro atoms. The Labute approximate surface area is 274 Å². The minimum atomic E-state index is -3.54. The standard InChI is InChI=1S/C36H36FN3O6S/c37-30-14-8-27(9-15-30)24-40(34(41)19-13-26-10-16-31(17-11-26)47(43,44)39-20-4-5-21-39)35(29-6-2-1-3-7-29)36(42)38-23-28-12-18-32-33(22-28)46-25-45-32/h1-3,6-12,14-18,22,35H,4-5,13,19-21,23-25H2,(H,38,42)/t35-/m0/s1. The lowest BCUT2D eigenvalue weighted by Crippen LogP contribution is -2.43. The lowest BCUT2D eigenvalue weighted by molar-refractivity contribution is -0.141. The number of carbonyl (C=O) groups is 2. The van der Waals surface area contributed by atoms with Crippen LogP contribution in [0.3, 0.4) is 0 Å². The van der Waals surface area contributed by atoms with E-state index in [0.717, 1.165) is 24.0 Å². The number of nitrogens with one attached hydrogen (secondary N) is 1. The highest BCUT2D eigenvalue weighted by Crippen LogP contribution is 2.33. The molecule has 1 saturated heterocycles. The third-order valence-corrected chi connectivity index (χ3v) is 10.3. The first-order valence-corrected chi connectivity index (χ1v) is 17.1. The molecule has 2 aliphatic rings. The van der Waals surface area contributed by atoms with Crippen molar-refractivity contribution in [3.63, 3.8) is 0 Å². The molecule has 4 aromatic carbocycles. The summed E-state index contributed by atoms with van der Waals surface area (Å²) in [6.45, 7) is 1.46. The minimum absolute atomic E-state index is 0.0676. The molecular formula is C36H36FN3O6S. The van der Waals surface area contributed by atoms with Crippen LogP contribution in [-0.4, -0.2) is 49.3 Å². The highest BCUT2D eigenvalue weighted by atomic mass is 32.2. The van der Waals surface area contributed by atoms with E-state index in [1.165, 1.54) is 21.3 Å². The Morgan fingerprint density at radius 1 is 0.830 bits per heavy atom. The van der Waals surface area contributed by atoms with Crippen LogP contribution in [0.15, 0.2) is 102 Å². The van der Waals surface area contributed by atoms with Crippen LogP contribution in [-0.2, 0) is 39.1 Å². The summed E-state index contributed by atoms with van der Waals surface area (Å²) < 4.78 is 52.0. The van der Waals surface area contributed by atoms with Gasteiger partial charge in [0.1, 0.15) is 11.9 Å². The smallest absolute Gasteiger partial charge is 0.247 e. The molecule has 9 nitrogen and oxygen atoms in total. The SMILES string of the molecule is O=C(NCc1ccc2c(c1)OCO2)[C@H](c1ccccc1)N(Cc1ccc(F)cc1)C(=O)CCc1ccc(S(=O)(=O)N2CCCC2)cc1. The largest absolute Gasteiger partial charge is 0.454 e. The number of fused-ring (bicyclic) bond motifs is 1. The molecule has 4 aromatic rings. The van der Waals surface area contributed by atoms with Crippen LogP contribution in [0, 0.1) is 5.82 Å². The molecule has 1 atom stereocenters. The number of benzene rings is 4. The highest BCUT2D eigenvalue weighted by molar-refractivity contribution is 7.89. The molecule has 0 saturated carbocycles. The van der Waals surface area contributed by atoms with E-state index in [4.69, 9.17) is 9.47 Å². The molecule has 0 bridgehead atoms. The van der Waals surface area contributed by atoms with Crippen LogP contribution in [0.25, 0.3) is 0 Å². The maximum atomic E-state index is 14.0. The van der Waals surface area contributed by atoms with Crippen molar-refractivity contribution in [1.82, 2.24) is 14.5 Å². The van der Waals surface area contributed by atoms with E-state index in [1.54, 1.807) is 54.6 Å². The summed E-state index contributed by atoms with van der Waals surface area (Å²) in [7, 11) is -3.54. The first-order chi connectivity index (χ1) is 22.8. The molecule has 0 unspecified atom stereocenters. The van der Waals surface area contributed by atoms with Crippen LogP contribution in [0.2, 0.25) is 0 Å². The van der Waals surface area contributed by atoms with E-state index in [9.17, 15) is 22.4 Å². The molecule has 244 valence electrons. The summed E-state index contributed by atoms with van der Waals surface area (Å²) in [6.07, 6.45) is 2.11. The van der Waals surface area contributed by atoms with Gasteiger partial charge in [-0.2, -0.15) is 4.31 Å². The predicted molar refractivity (Wildman–Crippen MR) is 173 cm³/mol. The fraction of sp³-hybridized carbons (Fsp3) is 0.278. The van der Waals surface area contributed by atoms with E-state index >= 15 is 0 Å². The van der Waals surface area contributed by atoms with E-state index in [1.807, 2.05) is 30.3 Å². The number of nitrogens with zero attached hydrogens (tertiary/aromatic N) is 2. The van der Waals surface area contributed by atoms with Gasteiger partial charge in [-0.25, -0.2) is 12.8 Å². The number of hydrogen-bond donors (Lipinski definition) is 1. The lowest BCUT2D eigenvalue weighted by Gasteiger charge is -2.32. The molecule has 2 amide bonds. The zero-order chi connectivity index (χ0) is 32.8. The van der Waals surface area contributed by atoms with Crippen molar-refractivity contribution in [1.29, 1.82) is 0 Å². The maximum Gasteiger partial charge on any atom is 0.247 e. The van der Waals surface area contributed by atoms with Gasteiger partial charge >= 0.3 is 0 Å². The minimum Gasteiger partial charge on any atom is -0.454 e. The molecular weight excluding hydrogens is 621 g/mol. The summed E-state index contributed by atoms with van der Waals surface area (Å²) in [5.41, 5.74) is 2.90. The van der Waals surface area contributed by atoms with Gasteiger partial charge in [-0.1, -0.05) is 60.7 Å². The first kappa shape index (κ1) is 32.2. The van der Waals surface area contributed by atoms with Crippen molar-refractivity contribution in [2.75, 3.05) is 19.9 Å². The van der Waals surface area contributed by atoms with Gasteiger partial charge in [0.2, 0.25) is 28.6 Å². The van der Waals surface area contributed by atoms with Gasteiger partial charge in [0.05, 0.1) is 4.90 Å². The van der Waals surface area contributed by atoms with E-state index in [2.05, 4.69) is 5.32 Å². The molecule has 1 fully saturated rings. The Kier molecular flexibility index (Phi) is 9.84. The number of halogens is 1. The number of aryl methyl sites for hydroxylation is 1. The van der Waals surface area contributed by atoms with Gasteiger partial charge in [-0.05, 0) is 77.9 Å². The Bertz CT molecular complexity index is 1810. The predicted octanol–water partition coefficient (Wildman–Crippen LogP) is 5.36. The van der Waals surface area contributed by atoms with Gasteiger partial charge in [-0.15, -0.1) is 0 Å². The number of carbonyl (C=O) groups excluding carboxylic acids is 2. The van der Waals surface area contributed by atoms with Crippen LogP contribution in [0.4, 0.5) is 4.39 Å². The Morgan fingerprint density at radius 3 is 2.21 bits per heavy atom. The third kappa shape index (κ3) is 7.64. The van der Waals surface area contributed by atoms with Crippen molar-refractivity contribution < 1.29 is 31.9 Å². The fourth-order valence-corrected chi connectivity index (χ4v) is 7.37. The van der Waals surface area contributed by atoms with Crippen LogP contribution >= 0.6 is 0 Å². The Hall–Kier alpha value is -4.74. The zero-order valence-electron chi connectivity index (χ0n) is 25.8. The molecule has 2 heterocycles. The zero-order valence-corrected chi connectivity index (χ0v) is 26.6. The molecule has 47 heavy (non-hydrogen) atoms. The monoisotopic (exact) mass is 657 g/mol. The van der Waals surface area contributed by atoms with Gasteiger partial charge < -0.3 is 19.7 Å². The average molecular weight is 658 g/mol. The molecule has 1 N–H and O–H groups in total. The van der Waals surface area contributed by atoms with Gasteiger partial charge in [-0.3, -0.25) is 9.59 Å². The molecule has 0 radical (unpaired) electrons. The number of ether oxygens (including phenoxy) is 2. The quantitative estimate of drug-likeness (QED) is 0.220. The second kappa shape index (κ2) is 14.4. The molecule has 0 aliphatic carbocycles. The topological polar surface area (TPSA) is 105 Å². The second-order valence-corrected chi connectivity index (χ2v) is 13.6. The van der Waals surface area contributed by atoms with Gasteiger partial charge in [0, 0.05) is 32.6 Å². The summed E-state index contributed by atoms with van der Waals surface area (Å²) >= 11 is 0. The van der Waals surface area contributed by atoms with Crippen LogP contribution in [0.5, 0.6) is 11.5 Å². The lowest BCUT2D eigenvalue weighted by atomic mass is 10.0. The Morgan fingerprint density at radius 2 is 1.49 bits per heavy atom. The molecule has 11 heteroatoms. The van der Waals surface area contributed by atoms with Crippen molar-refractivity contribution in [3.8, 4) is 11.5 Å². The van der Waals surface area contributed by atoms with Crippen molar-refractivity contribution in [2.24, 2.45) is 0 Å². The number of rotatable bonds is 12. The number of hydrogen-bond acceptors (Lipinski definition) is 6. The number of amides is 2. The van der Waals surface area contributed by atoms with E-state index in [0.29, 0.717) is 42.1 Å². The third-order valence-electron chi connectivity index (χ3n) is 8.42. The Balaban J connectivity index is 1.22. The summed E-state index contributed by atoms with van der Waals surface area (Å²) in [4.78, 5) is 29.8. The summed E-state index contributed by atoms with van der Waals surface area (Å²) in [5.74, 6) is 0.186. The van der Waals surface area contributed by atoms with Gasteiger partial charge in [0.15, 0.2) is 11.5 Å². The number of sulfonamides is 1. The highest BCUT2D eigenvalue weighted by Gasteiger charge is 2.32. The van der Waals surface area contributed by atoms with Crippen LogP contribution in [0.1, 0.15) is 47.6 Å². The summed E-state index contributed by atoms with van der Waals surface area (Å²) in [6, 6.07) is 26.0. The fourth-order valence-electron chi connectivity index (χ4n) is 5.86. The molecule has 2 aliphatic heterocycles. The van der Waals surface area contributed by atoms with E-state index < -0.39 is 21.9 Å². The second-order valence-electron chi connectivity index (χ2n) is 11.6. The van der Waals surface area contributed by atoms with Crippen molar-refractivity contribution in [3.05, 3.63) is 125 Å². The first-order valence-electron chi connectivity index (χ1n) is 15.6. The molecule has 6 rings (SSSR count). The van der Waals surface area contributed by atoms with E-state index in [-0.39, 0.29) is 43.0 Å². The summed E-state index contributed by atoms with van der Waals surface area (Å²) in [5, 5.41) is 2.99. The van der Waals surface area contributed by atoms with Crippen molar-refractivity contribution in [2.45, 2.75) is 49.7 Å². The average Bonchev–Trinajstić information content (AvgIpc) is 3.81. The van der Waals surface area contributed by atoms with Crippen LogP contribution < -0.4 is 14.8 Å². The normalized spacial score (nSPS) is 14.9. The maximum absolute atomic E-state index is 14.0.